The Morgan fingerprint density at radius 3 is 2.50 bits per heavy atom. The van der Waals surface area contributed by atoms with Crippen molar-refractivity contribution in [2.45, 2.75) is 6.54 Å². The minimum atomic E-state index is 0.913. The molecule has 14 heavy (non-hydrogen) atoms. The second-order valence-electron chi connectivity index (χ2n) is 3.15. The van der Waals surface area contributed by atoms with Crippen molar-refractivity contribution in [2.75, 3.05) is 11.5 Å². The summed E-state index contributed by atoms with van der Waals surface area (Å²) < 4.78 is 3.45. The molecule has 0 saturated carbocycles. The third-order valence-corrected chi connectivity index (χ3v) is 4.80. The molecule has 0 amide bonds. The molecule has 0 aromatic heterocycles. The fourth-order valence-electron chi connectivity index (χ4n) is 1.35. The molecule has 1 aliphatic heterocycles. The third-order valence-electron chi connectivity index (χ3n) is 2.01. The largest absolute Gasteiger partial charge is 0.347 e. The summed E-state index contributed by atoms with van der Waals surface area (Å²) in [6.45, 7) is 4.98. The summed E-state index contributed by atoms with van der Waals surface area (Å²) in [5.41, 5.74) is 1.32. The van der Waals surface area contributed by atoms with Crippen LogP contribution >= 0.6 is 23.5 Å². The smallest absolute Gasteiger partial charge is 0.142 e. The highest BCUT2D eigenvalue weighted by Crippen LogP contribution is 2.39. The van der Waals surface area contributed by atoms with Gasteiger partial charge in [0.25, 0.3) is 0 Å². The van der Waals surface area contributed by atoms with Gasteiger partial charge in [0.05, 0.1) is 0 Å². The van der Waals surface area contributed by atoms with Crippen molar-refractivity contribution >= 4 is 30.2 Å². The van der Waals surface area contributed by atoms with Crippen LogP contribution in [0.1, 0.15) is 5.56 Å². The monoisotopic (exact) mass is 223 g/mol. The summed E-state index contributed by atoms with van der Waals surface area (Å²) in [7, 11) is 0. The van der Waals surface area contributed by atoms with E-state index < -0.39 is 0 Å². The van der Waals surface area contributed by atoms with Crippen molar-refractivity contribution in [3.05, 3.63) is 40.6 Å². The van der Waals surface area contributed by atoms with Crippen LogP contribution in [0.3, 0.4) is 0 Å². The first-order chi connectivity index (χ1) is 6.86. The number of hydrogen-bond acceptors (Lipinski definition) is 2. The Balaban J connectivity index is 1.94. The van der Waals surface area contributed by atoms with Gasteiger partial charge in [-0.15, -0.1) is 0 Å². The first-order valence-electron chi connectivity index (χ1n) is 4.61. The highest BCUT2D eigenvalue weighted by molar-refractivity contribution is 8.23. The van der Waals surface area contributed by atoms with E-state index in [0.717, 1.165) is 6.54 Å². The molecule has 0 radical (unpaired) electrons. The molecule has 1 fully saturated rings. The van der Waals surface area contributed by atoms with Crippen molar-refractivity contribution in [1.82, 2.24) is 0 Å². The molecule has 1 aromatic carbocycles. The molecule has 0 aliphatic carbocycles. The zero-order valence-electron chi connectivity index (χ0n) is 7.98. The van der Waals surface area contributed by atoms with Crippen LogP contribution in [0.4, 0.5) is 0 Å². The average molecular weight is 223 g/mol. The van der Waals surface area contributed by atoms with E-state index in [1.165, 1.54) is 21.8 Å². The van der Waals surface area contributed by atoms with Crippen LogP contribution in [0.5, 0.6) is 0 Å². The van der Waals surface area contributed by atoms with Gasteiger partial charge in [0.2, 0.25) is 0 Å². The molecule has 1 heterocycles. The van der Waals surface area contributed by atoms with E-state index in [9.17, 15) is 0 Å². The standard InChI is InChI=1S/C11H13NS2/c1-12(11-13-7-8-14-11)9-10-5-3-2-4-6-10/h2-6H,1,7-9H2. The lowest BCUT2D eigenvalue weighted by atomic mass is 10.2. The third kappa shape index (κ3) is 2.49. The van der Waals surface area contributed by atoms with Gasteiger partial charge < -0.3 is 4.58 Å². The second-order valence-corrected chi connectivity index (χ2v) is 5.57. The predicted octanol–water partition coefficient (Wildman–Crippen LogP) is 2.83. The Bertz CT molecular complexity index is 304. The van der Waals surface area contributed by atoms with Crippen LogP contribution in [0.2, 0.25) is 0 Å². The lowest BCUT2D eigenvalue weighted by Gasteiger charge is -2.15. The molecular formula is C11H13NS2. The molecule has 0 spiro atoms. The lowest BCUT2D eigenvalue weighted by molar-refractivity contribution is -0.488. The van der Waals surface area contributed by atoms with Gasteiger partial charge in [-0.05, 0) is 18.2 Å². The van der Waals surface area contributed by atoms with Gasteiger partial charge in [0.15, 0.2) is 0 Å². The minimum Gasteiger partial charge on any atom is -0.347 e. The number of rotatable bonds is 3. The van der Waals surface area contributed by atoms with Gasteiger partial charge in [-0.25, -0.2) is 0 Å². The van der Waals surface area contributed by atoms with Gasteiger partial charge in [-0.3, -0.25) is 0 Å². The molecule has 2 rings (SSSR count). The zero-order chi connectivity index (χ0) is 9.80. The molecule has 3 heteroatoms. The van der Waals surface area contributed by atoms with Gasteiger partial charge in [-0.2, -0.15) is 23.5 Å². The van der Waals surface area contributed by atoms with Gasteiger partial charge in [-0.1, -0.05) is 30.3 Å². The Labute approximate surface area is 93.6 Å². The number of thioether (sulfide) groups is 2. The predicted molar refractivity (Wildman–Crippen MR) is 65.7 cm³/mol. The van der Waals surface area contributed by atoms with Gasteiger partial charge in [0.1, 0.15) is 11.3 Å². The molecule has 1 nitrogen and oxygen atoms in total. The topological polar surface area (TPSA) is 3.01 Å². The molecule has 1 aliphatic rings. The minimum absolute atomic E-state index is 0.913. The van der Waals surface area contributed by atoms with Crippen molar-refractivity contribution in [3.8, 4) is 0 Å². The maximum Gasteiger partial charge on any atom is 0.142 e. The Kier molecular flexibility index (Phi) is 3.43. The Morgan fingerprint density at radius 2 is 1.86 bits per heavy atom. The first-order valence-corrected chi connectivity index (χ1v) is 6.58. The molecule has 0 unspecified atom stereocenters. The first kappa shape index (κ1) is 9.99. The summed E-state index contributed by atoms with van der Waals surface area (Å²) in [6, 6.07) is 10.5. The van der Waals surface area contributed by atoms with Crippen molar-refractivity contribution < 1.29 is 4.58 Å². The van der Waals surface area contributed by atoms with Crippen LogP contribution in [0, 0.1) is 4.71 Å². The number of benzene rings is 1. The summed E-state index contributed by atoms with van der Waals surface area (Å²) in [6.07, 6.45) is 0. The Hall–Kier alpha value is -0.540. The summed E-state index contributed by atoms with van der Waals surface area (Å²) in [5.74, 6) is 2.45. The summed E-state index contributed by atoms with van der Waals surface area (Å²) in [4.78, 5) is 0. The van der Waals surface area contributed by atoms with Gasteiger partial charge >= 0.3 is 0 Å². The van der Waals surface area contributed by atoms with Crippen molar-refractivity contribution in [2.24, 2.45) is 0 Å². The fraction of sp³-hybridized carbons (Fsp3) is 0.273. The van der Waals surface area contributed by atoms with Crippen LogP contribution in [-0.4, -0.2) is 22.8 Å². The van der Waals surface area contributed by atoms with E-state index in [-0.39, 0.29) is 0 Å². The second kappa shape index (κ2) is 4.80. The van der Waals surface area contributed by atoms with Crippen LogP contribution in [0.15, 0.2) is 30.3 Å². The van der Waals surface area contributed by atoms with E-state index in [1.54, 1.807) is 0 Å². The van der Waals surface area contributed by atoms with Crippen molar-refractivity contribution in [3.63, 3.8) is 0 Å². The lowest BCUT2D eigenvalue weighted by Crippen LogP contribution is -2.09. The zero-order valence-corrected chi connectivity index (χ0v) is 9.61. The molecule has 1 saturated heterocycles. The van der Waals surface area contributed by atoms with Crippen LogP contribution in [0.25, 0.3) is 0 Å². The summed E-state index contributed by atoms with van der Waals surface area (Å²) >= 11 is 3.83. The van der Waals surface area contributed by atoms with Crippen LogP contribution in [-0.2, 0) is 6.54 Å². The highest BCUT2D eigenvalue weighted by Gasteiger charge is 2.17. The molecule has 0 bridgehead atoms. The molecule has 0 atom stereocenters. The van der Waals surface area contributed by atoms with Gasteiger partial charge in [0, 0.05) is 5.56 Å². The highest BCUT2D eigenvalue weighted by atomic mass is 32.2. The molecule has 74 valence electrons. The maximum atomic E-state index is 4.07. The van der Waals surface area contributed by atoms with E-state index >= 15 is 0 Å². The molecule has 1 aromatic rings. The summed E-state index contributed by atoms with van der Waals surface area (Å²) in [5, 5.41) is 0. The number of hydrogen-bond donors (Lipinski definition) is 0. The van der Waals surface area contributed by atoms with Crippen LogP contribution < -0.4 is 0 Å². The molecule has 0 N–H and O–H groups in total. The SMILES string of the molecule is C=[N+](Cc1ccccc1)[C-]1SCCS1. The van der Waals surface area contributed by atoms with E-state index in [4.69, 9.17) is 0 Å². The maximum absolute atomic E-state index is 4.07. The quantitative estimate of drug-likeness (QED) is 0.440. The Morgan fingerprint density at radius 1 is 1.21 bits per heavy atom. The normalized spacial score (nSPS) is 15.9. The van der Waals surface area contributed by atoms with Crippen molar-refractivity contribution in [1.29, 1.82) is 0 Å². The average Bonchev–Trinajstić information content (AvgIpc) is 2.72. The fourth-order valence-corrected chi connectivity index (χ4v) is 3.69. The van der Waals surface area contributed by atoms with E-state index in [2.05, 4.69) is 35.6 Å². The van der Waals surface area contributed by atoms with E-state index in [1.807, 2.05) is 29.6 Å². The molecular weight excluding hydrogens is 210 g/mol. The van der Waals surface area contributed by atoms with E-state index in [0.29, 0.717) is 0 Å². The number of nitrogens with zero attached hydrogens (tertiary/aromatic N) is 1.